The standard InChI is InChI=1S/C25H20I2N2O2S/c1-16(18-9-5-3-6-10-18)29-24(30)22(32-25(29)28-19-11-7-4-8-12-19)15-17-13-20(26)23(31-2)21(27)14-17/h3-16H,1-2H3/b22-15+,28-25?/t16-/m0/s1. The maximum Gasteiger partial charge on any atom is 0.267 e. The van der Waals surface area contributed by atoms with Crippen molar-refractivity contribution < 1.29 is 9.53 Å². The van der Waals surface area contributed by atoms with Gasteiger partial charge in [-0.25, -0.2) is 4.99 Å². The predicted molar refractivity (Wildman–Crippen MR) is 149 cm³/mol. The summed E-state index contributed by atoms with van der Waals surface area (Å²) in [5, 5.41) is 0.682. The number of hydrogen-bond donors (Lipinski definition) is 0. The highest BCUT2D eigenvalue weighted by atomic mass is 127. The molecule has 3 aromatic rings. The lowest BCUT2D eigenvalue weighted by Crippen LogP contribution is -2.32. The van der Waals surface area contributed by atoms with Gasteiger partial charge in [-0.05, 0) is 105 Å². The van der Waals surface area contributed by atoms with Crippen LogP contribution in [0.25, 0.3) is 6.08 Å². The number of halogens is 2. The third-order valence-corrected chi connectivity index (χ3v) is 7.60. The molecule has 1 atom stereocenters. The van der Waals surface area contributed by atoms with E-state index in [9.17, 15) is 4.79 Å². The highest BCUT2D eigenvalue weighted by molar-refractivity contribution is 14.1. The average Bonchev–Trinajstić information content (AvgIpc) is 3.08. The van der Waals surface area contributed by atoms with E-state index in [4.69, 9.17) is 9.73 Å². The number of rotatable bonds is 5. The van der Waals surface area contributed by atoms with E-state index in [2.05, 4.69) is 45.2 Å². The Hall–Kier alpha value is -1.85. The molecule has 7 heteroatoms. The molecule has 3 aromatic carbocycles. The second-order valence-electron chi connectivity index (χ2n) is 7.12. The number of amides is 1. The first-order chi connectivity index (χ1) is 15.5. The number of thioether (sulfide) groups is 1. The van der Waals surface area contributed by atoms with E-state index in [1.165, 1.54) is 11.8 Å². The summed E-state index contributed by atoms with van der Waals surface area (Å²) < 4.78 is 7.48. The van der Waals surface area contributed by atoms with Crippen molar-refractivity contribution in [2.45, 2.75) is 13.0 Å². The molecule has 0 bridgehead atoms. The first kappa shape index (κ1) is 23.3. The Kier molecular flexibility index (Phi) is 7.57. The number of methoxy groups -OCH3 is 1. The zero-order valence-corrected chi connectivity index (χ0v) is 22.6. The summed E-state index contributed by atoms with van der Waals surface area (Å²) in [6.45, 7) is 2.04. The highest BCUT2D eigenvalue weighted by Crippen LogP contribution is 2.40. The van der Waals surface area contributed by atoms with Crippen LogP contribution in [0, 0.1) is 7.14 Å². The van der Waals surface area contributed by atoms with Gasteiger partial charge in [0.2, 0.25) is 0 Å². The summed E-state index contributed by atoms with van der Waals surface area (Å²) in [6.07, 6.45) is 1.94. The summed E-state index contributed by atoms with van der Waals surface area (Å²) >= 11 is 5.93. The van der Waals surface area contributed by atoms with Gasteiger partial charge in [0.15, 0.2) is 5.17 Å². The molecule has 0 saturated carbocycles. The van der Waals surface area contributed by atoms with Gasteiger partial charge in [0.25, 0.3) is 5.91 Å². The summed E-state index contributed by atoms with van der Waals surface area (Å²) in [4.78, 5) is 20.8. The molecule has 1 heterocycles. The van der Waals surface area contributed by atoms with Crippen molar-refractivity contribution in [3.05, 3.63) is 96.0 Å². The van der Waals surface area contributed by atoms with Crippen molar-refractivity contribution >= 4 is 79.8 Å². The van der Waals surface area contributed by atoms with Crippen molar-refractivity contribution in [1.82, 2.24) is 4.90 Å². The van der Waals surface area contributed by atoms with Crippen LogP contribution in [0.5, 0.6) is 5.75 Å². The fraction of sp³-hybridized carbons (Fsp3) is 0.120. The van der Waals surface area contributed by atoms with E-state index in [0.29, 0.717) is 10.1 Å². The number of benzene rings is 3. The van der Waals surface area contributed by atoms with Gasteiger partial charge in [0, 0.05) is 0 Å². The van der Waals surface area contributed by atoms with E-state index >= 15 is 0 Å². The number of carbonyl (C=O) groups is 1. The molecule has 32 heavy (non-hydrogen) atoms. The van der Waals surface area contributed by atoms with Gasteiger partial charge in [-0.15, -0.1) is 0 Å². The fourth-order valence-corrected chi connectivity index (χ4v) is 6.73. The molecule has 1 aliphatic heterocycles. The molecule has 0 aliphatic carbocycles. The molecular weight excluding hydrogens is 646 g/mol. The monoisotopic (exact) mass is 666 g/mol. The first-order valence-electron chi connectivity index (χ1n) is 9.92. The Labute approximate surface area is 219 Å². The molecule has 1 fully saturated rings. The molecule has 0 spiro atoms. The maximum atomic E-state index is 13.5. The molecule has 4 rings (SSSR count). The molecule has 1 saturated heterocycles. The SMILES string of the molecule is COc1c(I)cc(/C=C2/SC(=Nc3ccccc3)N([C@@H](C)c3ccccc3)C2=O)cc1I. The third-order valence-electron chi connectivity index (χ3n) is 5.01. The van der Waals surface area contributed by atoms with Crippen LogP contribution in [0.2, 0.25) is 0 Å². The van der Waals surface area contributed by atoms with Crippen LogP contribution in [0.4, 0.5) is 5.69 Å². The van der Waals surface area contributed by atoms with E-state index in [-0.39, 0.29) is 11.9 Å². The average molecular weight is 666 g/mol. The van der Waals surface area contributed by atoms with Crippen molar-refractivity contribution in [2.75, 3.05) is 7.11 Å². The largest absolute Gasteiger partial charge is 0.495 e. The number of ether oxygens (including phenoxy) is 1. The topological polar surface area (TPSA) is 41.9 Å². The first-order valence-corrected chi connectivity index (χ1v) is 12.9. The maximum absolute atomic E-state index is 13.5. The summed E-state index contributed by atoms with van der Waals surface area (Å²) in [7, 11) is 1.67. The molecule has 0 radical (unpaired) electrons. The Morgan fingerprint density at radius 2 is 1.59 bits per heavy atom. The normalized spacial score (nSPS) is 17.2. The van der Waals surface area contributed by atoms with Crippen LogP contribution >= 0.6 is 56.9 Å². The molecule has 1 amide bonds. The van der Waals surface area contributed by atoms with Crippen LogP contribution < -0.4 is 4.74 Å². The lowest BCUT2D eigenvalue weighted by atomic mass is 10.1. The van der Waals surface area contributed by atoms with Gasteiger partial charge in [0.05, 0.1) is 30.9 Å². The van der Waals surface area contributed by atoms with Gasteiger partial charge >= 0.3 is 0 Å². The fourth-order valence-electron chi connectivity index (χ4n) is 3.41. The van der Waals surface area contributed by atoms with Crippen molar-refractivity contribution in [1.29, 1.82) is 0 Å². The van der Waals surface area contributed by atoms with Crippen molar-refractivity contribution in [3.63, 3.8) is 0 Å². The molecular formula is C25H20I2N2O2S. The number of hydrogen-bond acceptors (Lipinski definition) is 4. The molecule has 0 N–H and O–H groups in total. The Balaban J connectivity index is 1.75. The highest BCUT2D eigenvalue weighted by Gasteiger charge is 2.37. The predicted octanol–water partition coefficient (Wildman–Crippen LogP) is 7.27. The minimum Gasteiger partial charge on any atom is -0.495 e. The van der Waals surface area contributed by atoms with Crippen LogP contribution in [-0.4, -0.2) is 23.1 Å². The zero-order valence-electron chi connectivity index (χ0n) is 17.5. The second-order valence-corrected chi connectivity index (χ2v) is 10.5. The minimum atomic E-state index is -0.138. The number of aliphatic imine (C=N–C) groups is 1. The van der Waals surface area contributed by atoms with Crippen LogP contribution in [0.3, 0.4) is 0 Å². The van der Waals surface area contributed by atoms with Gasteiger partial charge < -0.3 is 4.74 Å². The third kappa shape index (κ3) is 5.04. The van der Waals surface area contributed by atoms with Gasteiger partial charge in [-0.2, -0.15) is 0 Å². The lowest BCUT2D eigenvalue weighted by Gasteiger charge is -2.24. The van der Waals surface area contributed by atoms with Crippen LogP contribution in [-0.2, 0) is 4.79 Å². The van der Waals surface area contributed by atoms with Gasteiger partial charge in [-0.1, -0.05) is 48.5 Å². The molecule has 0 unspecified atom stereocenters. The van der Waals surface area contributed by atoms with Crippen molar-refractivity contribution in [2.24, 2.45) is 4.99 Å². The number of amidine groups is 1. The lowest BCUT2D eigenvalue weighted by molar-refractivity contribution is -0.123. The Bertz CT molecular complexity index is 1170. The quantitative estimate of drug-likeness (QED) is 0.213. The van der Waals surface area contributed by atoms with Gasteiger partial charge in [0.1, 0.15) is 5.75 Å². The van der Waals surface area contributed by atoms with E-state index < -0.39 is 0 Å². The Morgan fingerprint density at radius 3 is 2.19 bits per heavy atom. The van der Waals surface area contributed by atoms with Crippen molar-refractivity contribution in [3.8, 4) is 5.75 Å². The smallest absolute Gasteiger partial charge is 0.267 e. The van der Waals surface area contributed by atoms with Crippen LogP contribution in [0.1, 0.15) is 24.1 Å². The zero-order chi connectivity index (χ0) is 22.7. The summed E-state index contributed by atoms with van der Waals surface area (Å²) in [6, 6.07) is 23.7. The van der Waals surface area contributed by atoms with E-state index in [0.717, 1.165) is 29.7 Å². The molecule has 162 valence electrons. The van der Waals surface area contributed by atoms with Crippen LogP contribution in [0.15, 0.2) is 82.7 Å². The second kappa shape index (κ2) is 10.4. The summed E-state index contributed by atoms with van der Waals surface area (Å²) in [5.41, 5.74) is 2.85. The van der Waals surface area contributed by atoms with Gasteiger partial charge in [-0.3, -0.25) is 9.69 Å². The Morgan fingerprint density at radius 1 is 1.00 bits per heavy atom. The number of nitrogens with zero attached hydrogens (tertiary/aromatic N) is 2. The van der Waals surface area contributed by atoms with E-state index in [1.54, 1.807) is 12.0 Å². The molecule has 0 aromatic heterocycles. The van der Waals surface area contributed by atoms with E-state index in [1.807, 2.05) is 85.8 Å². The number of carbonyl (C=O) groups excluding carboxylic acids is 1. The molecule has 4 nitrogen and oxygen atoms in total. The number of para-hydroxylation sites is 1. The minimum absolute atomic E-state index is 0.0399. The molecule has 1 aliphatic rings. The summed E-state index contributed by atoms with van der Waals surface area (Å²) in [5.74, 6) is 0.811.